The molecule has 2 aromatic rings. The molecule has 0 saturated heterocycles. The van der Waals surface area contributed by atoms with Crippen LogP contribution in [0, 0.1) is 6.92 Å². The molecular weight excluding hydrogens is 282 g/mol. The van der Waals surface area contributed by atoms with E-state index >= 15 is 0 Å². The Morgan fingerprint density at radius 2 is 2.30 bits per heavy atom. The van der Waals surface area contributed by atoms with E-state index in [1.54, 1.807) is 18.4 Å². The molecule has 8 heteroatoms. The number of thiophene rings is 1. The van der Waals surface area contributed by atoms with E-state index < -0.39 is 17.9 Å². The largest absolute Gasteiger partial charge is 0.387 e. The van der Waals surface area contributed by atoms with Crippen LogP contribution in [-0.4, -0.2) is 28.6 Å². The SMILES string of the molecule is Cc1cc(NC(=O)C(=O)NC[C@H](O)c2ccsc2)no1. The van der Waals surface area contributed by atoms with Crippen LogP contribution in [-0.2, 0) is 9.59 Å². The monoisotopic (exact) mass is 295 g/mol. The van der Waals surface area contributed by atoms with E-state index in [-0.39, 0.29) is 12.4 Å². The van der Waals surface area contributed by atoms with E-state index in [0.717, 1.165) is 0 Å². The lowest BCUT2D eigenvalue weighted by Gasteiger charge is -2.09. The molecule has 0 fully saturated rings. The van der Waals surface area contributed by atoms with Crippen molar-refractivity contribution in [3.8, 4) is 0 Å². The minimum Gasteiger partial charge on any atom is -0.387 e. The predicted octanol–water partition coefficient (Wildman–Crippen LogP) is 0.833. The molecule has 3 N–H and O–H groups in total. The fraction of sp³-hybridized carbons (Fsp3) is 0.250. The molecule has 2 rings (SSSR count). The van der Waals surface area contributed by atoms with Gasteiger partial charge in [-0.2, -0.15) is 11.3 Å². The van der Waals surface area contributed by atoms with Crippen molar-refractivity contribution in [2.45, 2.75) is 13.0 Å². The zero-order valence-corrected chi connectivity index (χ0v) is 11.4. The van der Waals surface area contributed by atoms with Crippen molar-refractivity contribution >= 4 is 29.0 Å². The lowest BCUT2D eigenvalue weighted by atomic mass is 10.2. The molecule has 0 aliphatic rings. The third-order valence-electron chi connectivity index (χ3n) is 2.46. The summed E-state index contributed by atoms with van der Waals surface area (Å²) in [5.41, 5.74) is 0.697. The first kappa shape index (κ1) is 14.2. The Morgan fingerprint density at radius 1 is 1.50 bits per heavy atom. The second kappa shape index (κ2) is 6.31. The van der Waals surface area contributed by atoms with Gasteiger partial charge in [-0.1, -0.05) is 5.16 Å². The molecule has 0 aliphatic heterocycles. The highest BCUT2D eigenvalue weighted by Gasteiger charge is 2.17. The van der Waals surface area contributed by atoms with Crippen molar-refractivity contribution in [2.24, 2.45) is 0 Å². The number of nitrogens with one attached hydrogen (secondary N) is 2. The van der Waals surface area contributed by atoms with Gasteiger partial charge < -0.3 is 14.9 Å². The highest BCUT2D eigenvalue weighted by Crippen LogP contribution is 2.15. The summed E-state index contributed by atoms with van der Waals surface area (Å²) < 4.78 is 4.76. The first-order valence-corrected chi connectivity index (χ1v) is 6.73. The number of aliphatic hydroxyl groups is 1. The molecule has 0 saturated carbocycles. The molecule has 2 aromatic heterocycles. The lowest BCUT2D eigenvalue weighted by molar-refractivity contribution is -0.136. The molecule has 0 bridgehead atoms. The molecule has 0 aromatic carbocycles. The van der Waals surface area contributed by atoms with Gasteiger partial charge in [0.15, 0.2) is 5.82 Å². The second-order valence-corrected chi connectivity index (χ2v) is 4.84. The number of aromatic nitrogens is 1. The van der Waals surface area contributed by atoms with Gasteiger partial charge in [-0.15, -0.1) is 0 Å². The Hall–Kier alpha value is -2.19. The van der Waals surface area contributed by atoms with Crippen LogP contribution in [0.2, 0.25) is 0 Å². The van der Waals surface area contributed by atoms with Crippen molar-refractivity contribution in [1.82, 2.24) is 10.5 Å². The fourth-order valence-corrected chi connectivity index (χ4v) is 2.16. The fourth-order valence-electron chi connectivity index (χ4n) is 1.45. The van der Waals surface area contributed by atoms with Crippen LogP contribution >= 0.6 is 11.3 Å². The number of hydrogen-bond donors (Lipinski definition) is 3. The zero-order valence-electron chi connectivity index (χ0n) is 10.6. The summed E-state index contributed by atoms with van der Waals surface area (Å²) in [6, 6.07) is 3.24. The Bertz CT molecular complexity index is 594. The zero-order chi connectivity index (χ0) is 14.5. The quantitative estimate of drug-likeness (QED) is 0.725. The number of hydrogen-bond acceptors (Lipinski definition) is 6. The second-order valence-electron chi connectivity index (χ2n) is 4.06. The van der Waals surface area contributed by atoms with E-state index in [9.17, 15) is 14.7 Å². The first-order chi connectivity index (χ1) is 9.56. The number of amides is 2. The number of anilines is 1. The Morgan fingerprint density at radius 3 is 2.90 bits per heavy atom. The molecule has 20 heavy (non-hydrogen) atoms. The molecule has 2 amide bonds. The van der Waals surface area contributed by atoms with Gasteiger partial charge in [0.25, 0.3) is 0 Å². The number of aliphatic hydroxyl groups excluding tert-OH is 1. The maximum absolute atomic E-state index is 11.5. The summed E-state index contributed by atoms with van der Waals surface area (Å²) in [7, 11) is 0. The number of carbonyl (C=O) groups excluding carboxylic acids is 2. The average Bonchev–Trinajstić information content (AvgIpc) is 3.07. The number of aryl methyl sites for hydroxylation is 1. The van der Waals surface area contributed by atoms with Gasteiger partial charge in [0.2, 0.25) is 0 Å². The van der Waals surface area contributed by atoms with Gasteiger partial charge in [-0.25, -0.2) is 0 Å². The maximum atomic E-state index is 11.5. The predicted molar refractivity (Wildman–Crippen MR) is 72.2 cm³/mol. The summed E-state index contributed by atoms with van der Waals surface area (Å²) in [5, 5.41) is 21.5. The van der Waals surface area contributed by atoms with Gasteiger partial charge in [0.05, 0.1) is 6.10 Å². The maximum Gasteiger partial charge on any atom is 0.314 e. The van der Waals surface area contributed by atoms with Crippen LogP contribution in [0.3, 0.4) is 0 Å². The summed E-state index contributed by atoms with van der Waals surface area (Å²) in [5.74, 6) is -1.02. The van der Waals surface area contributed by atoms with Gasteiger partial charge in [-0.3, -0.25) is 14.9 Å². The van der Waals surface area contributed by atoms with Crippen LogP contribution in [0.4, 0.5) is 5.82 Å². The molecule has 0 radical (unpaired) electrons. The van der Waals surface area contributed by atoms with Crippen molar-refractivity contribution in [3.05, 3.63) is 34.2 Å². The van der Waals surface area contributed by atoms with Gasteiger partial charge in [-0.05, 0) is 29.3 Å². The average molecular weight is 295 g/mol. The molecule has 2 heterocycles. The minimum absolute atomic E-state index is 0.0408. The molecule has 0 unspecified atom stereocenters. The van der Waals surface area contributed by atoms with E-state index in [1.165, 1.54) is 17.4 Å². The van der Waals surface area contributed by atoms with Crippen LogP contribution in [0.5, 0.6) is 0 Å². The van der Waals surface area contributed by atoms with Crippen LogP contribution in [0.1, 0.15) is 17.4 Å². The van der Waals surface area contributed by atoms with E-state index in [1.807, 2.05) is 5.38 Å². The highest BCUT2D eigenvalue weighted by molar-refractivity contribution is 7.07. The van der Waals surface area contributed by atoms with Crippen molar-refractivity contribution in [1.29, 1.82) is 0 Å². The van der Waals surface area contributed by atoms with Crippen molar-refractivity contribution < 1.29 is 19.2 Å². The summed E-state index contributed by atoms with van der Waals surface area (Å²) in [6.45, 7) is 1.63. The van der Waals surface area contributed by atoms with Gasteiger partial charge in [0.1, 0.15) is 5.76 Å². The van der Waals surface area contributed by atoms with Crippen LogP contribution < -0.4 is 10.6 Å². The first-order valence-electron chi connectivity index (χ1n) is 5.79. The van der Waals surface area contributed by atoms with Crippen LogP contribution in [0.15, 0.2) is 27.4 Å². The lowest BCUT2D eigenvalue weighted by Crippen LogP contribution is -2.37. The molecular formula is C12H13N3O4S. The molecule has 0 spiro atoms. The minimum atomic E-state index is -0.865. The molecule has 106 valence electrons. The Kier molecular flexibility index (Phi) is 4.49. The topological polar surface area (TPSA) is 104 Å². The van der Waals surface area contributed by atoms with Crippen molar-refractivity contribution in [2.75, 3.05) is 11.9 Å². The summed E-state index contributed by atoms with van der Waals surface area (Å²) in [4.78, 5) is 23.1. The molecule has 0 aliphatic carbocycles. The number of nitrogens with zero attached hydrogens (tertiary/aromatic N) is 1. The summed E-state index contributed by atoms with van der Waals surface area (Å²) >= 11 is 1.44. The molecule has 1 atom stereocenters. The van der Waals surface area contributed by atoms with Crippen molar-refractivity contribution in [3.63, 3.8) is 0 Å². The normalized spacial score (nSPS) is 11.9. The third-order valence-corrected chi connectivity index (χ3v) is 3.16. The van der Waals surface area contributed by atoms with Gasteiger partial charge >= 0.3 is 11.8 Å². The van der Waals surface area contributed by atoms with E-state index in [0.29, 0.717) is 11.3 Å². The number of carbonyl (C=O) groups is 2. The Balaban J connectivity index is 1.81. The smallest absolute Gasteiger partial charge is 0.314 e. The summed E-state index contributed by atoms with van der Waals surface area (Å²) in [6.07, 6.45) is -0.840. The van der Waals surface area contributed by atoms with E-state index in [4.69, 9.17) is 4.52 Å². The number of rotatable bonds is 4. The third kappa shape index (κ3) is 3.65. The highest BCUT2D eigenvalue weighted by atomic mass is 32.1. The van der Waals surface area contributed by atoms with Gasteiger partial charge in [0, 0.05) is 12.6 Å². The van der Waals surface area contributed by atoms with Crippen LogP contribution in [0.25, 0.3) is 0 Å². The Labute approximate surface area is 118 Å². The standard InChI is InChI=1S/C12H13N3O4S/c1-7-4-10(15-19-7)14-12(18)11(17)13-5-9(16)8-2-3-20-6-8/h2-4,6,9,16H,5H2,1H3,(H,13,17)(H,14,15,18)/t9-/m0/s1. The molecule has 7 nitrogen and oxygen atoms in total. The van der Waals surface area contributed by atoms with E-state index in [2.05, 4.69) is 15.8 Å².